The first-order valence-electron chi connectivity index (χ1n) is 4.01. The summed E-state index contributed by atoms with van der Waals surface area (Å²) in [5, 5.41) is 11.1. The van der Waals surface area contributed by atoms with Gasteiger partial charge in [-0.3, -0.25) is 4.79 Å². The first-order chi connectivity index (χ1) is 6.74. The average Bonchev–Trinajstić information content (AvgIpc) is 2.18. The Balaban J connectivity index is 2.57. The number of carbonyl (C=O) groups is 1. The minimum atomic E-state index is -0.943. The standard InChI is InChI=1S/C9H9NO4/c11-9(12)5-6-14-8-4-2-1-3-7(8)10-13/h1-4H,5-6H2,(H,11,12). The zero-order chi connectivity index (χ0) is 10.4. The molecule has 0 bridgehead atoms. The fraction of sp³-hybridized carbons (Fsp3) is 0.222. The summed E-state index contributed by atoms with van der Waals surface area (Å²) in [6.07, 6.45) is -0.104. The minimum Gasteiger partial charge on any atom is -0.491 e. The third-order valence-electron chi connectivity index (χ3n) is 1.54. The van der Waals surface area contributed by atoms with Crippen molar-refractivity contribution in [2.24, 2.45) is 5.18 Å². The Morgan fingerprint density at radius 2 is 2.14 bits per heavy atom. The van der Waals surface area contributed by atoms with E-state index in [2.05, 4.69) is 5.18 Å². The number of hydrogen-bond acceptors (Lipinski definition) is 4. The Kier molecular flexibility index (Phi) is 3.60. The number of nitroso groups, excluding NO2 is 1. The Morgan fingerprint density at radius 1 is 1.43 bits per heavy atom. The van der Waals surface area contributed by atoms with Crippen molar-refractivity contribution in [1.29, 1.82) is 0 Å². The predicted molar refractivity (Wildman–Crippen MR) is 49.6 cm³/mol. The number of aliphatic carboxylic acids is 1. The van der Waals surface area contributed by atoms with Crippen molar-refractivity contribution in [3.63, 3.8) is 0 Å². The molecule has 0 aliphatic carbocycles. The zero-order valence-corrected chi connectivity index (χ0v) is 7.34. The number of nitrogens with zero attached hydrogens (tertiary/aromatic N) is 1. The Labute approximate surface area is 80.3 Å². The number of carboxylic acid groups (broad SMARTS) is 1. The van der Waals surface area contributed by atoms with E-state index in [4.69, 9.17) is 9.84 Å². The molecule has 1 aromatic carbocycles. The Morgan fingerprint density at radius 3 is 2.79 bits per heavy atom. The van der Waals surface area contributed by atoms with E-state index in [9.17, 15) is 9.70 Å². The third-order valence-corrected chi connectivity index (χ3v) is 1.54. The van der Waals surface area contributed by atoms with Crippen LogP contribution in [-0.2, 0) is 4.79 Å². The number of ether oxygens (including phenoxy) is 1. The summed E-state index contributed by atoms with van der Waals surface area (Å²) >= 11 is 0. The van der Waals surface area contributed by atoms with Crippen molar-refractivity contribution in [2.75, 3.05) is 6.61 Å². The van der Waals surface area contributed by atoms with Crippen molar-refractivity contribution in [3.05, 3.63) is 29.2 Å². The van der Waals surface area contributed by atoms with Gasteiger partial charge in [-0.25, -0.2) is 0 Å². The van der Waals surface area contributed by atoms with Gasteiger partial charge in [0.25, 0.3) is 0 Å². The van der Waals surface area contributed by atoms with Crippen LogP contribution in [0.5, 0.6) is 5.75 Å². The molecule has 14 heavy (non-hydrogen) atoms. The molecular formula is C9H9NO4. The summed E-state index contributed by atoms with van der Waals surface area (Å²) in [5.41, 5.74) is 0.179. The van der Waals surface area contributed by atoms with Gasteiger partial charge in [-0.2, -0.15) is 0 Å². The molecule has 0 saturated carbocycles. The molecule has 0 atom stereocenters. The number of benzene rings is 1. The molecule has 1 N–H and O–H groups in total. The van der Waals surface area contributed by atoms with E-state index in [1.54, 1.807) is 18.2 Å². The molecule has 0 aliphatic heterocycles. The summed E-state index contributed by atoms with van der Waals surface area (Å²) in [6.45, 7) is 0.0296. The van der Waals surface area contributed by atoms with E-state index in [0.29, 0.717) is 5.75 Å². The van der Waals surface area contributed by atoms with Crippen LogP contribution < -0.4 is 4.74 Å². The second-order valence-electron chi connectivity index (χ2n) is 2.55. The molecule has 0 aliphatic rings. The molecule has 74 valence electrons. The molecule has 0 saturated heterocycles. The molecule has 0 aromatic heterocycles. The summed E-state index contributed by atoms with van der Waals surface area (Å²) in [7, 11) is 0. The van der Waals surface area contributed by atoms with Crippen LogP contribution in [0.1, 0.15) is 6.42 Å². The summed E-state index contributed by atoms with van der Waals surface area (Å²) in [4.78, 5) is 20.5. The Hall–Kier alpha value is -1.91. The van der Waals surface area contributed by atoms with Crippen molar-refractivity contribution >= 4 is 11.7 Å². The van der Waals surface area contributed by atoms with Gasteiger partial charge in [-0.15, -0.1) is 4.91 Å². The molecule has 0 spiro atoms. The maximum absolute atomic E-state index is 10.3. The van der Waals surface area contributed by atoms with Crippen LogP contribution in [0.25, 0.3) is 0 Å². The van der Waals surface area contributed by atoms with Crippen molar-refractivity contribution in [1.82, 2.24) is 0 Å². The third kappa shape index (κ3) is 2.85. The van der Waals surface area contributed by atoms with Crippen molar-refractivity contribution in [3.8, 4) is 5.75 Å². The van der Waals surface area contributed by atoms with Crippen LogP contribution in [0.2, 0.25) is 0 Å². The van der Waals surface area contributed by atoms with Gasteiger partial charge in [-0.1, -0.05) is 12.1 Å². The predicted octanol–water partition coefficient (Wildman–Crippen LogP) is 1.94. The number of para-hydroxylation sites is 1. The summed E-state index contributed by atoms with van der Waals surface area (Å²) < 4.78 is 5.06. The maximum atomic E-state index is 10.3. The number of hydrogen-bond donors (Lipinski definition) is 1. The average molecular weight is 195 g/mol. The van der Waals surface area contributed by atoms with Crippen molar-refractivity contribution < 1.29 is 14.6 Å². The highest BCUT2D eigenvalue weighted by molar-refractivity contribution is 5.66. The van der Waals surface area contributed by atoms with Gasteiger partial charge in [-0.05, 0) is 17.3 Å². The van der Waals surface area contributed by atoms with E-state index >= 15 is 0 Å². The fourth-order valence-corrected chi connectivity index (χ4v) is 0.903. The molecule has 1 aromatic rings. The van der Waals surface area contributed by atoms with Crippen molar-refractivity contribution in [2.45, 2.75) is 6.42 Å². The molecule has 0 radical (unpaired) electrons. The molecule has 0 unspecified atom stereocenters. The first kappa shape index (κ1) is 10.2. The van der Waals surface area contributed by atoms with Crippen LogP contribution >= 0.6 is 0 Å². The van der Waals surface area contributed by atoms with Crippen LogP contribution in [0.3, 0.4) is 0 Å². The lowest BCUT2D eigenvalue weighted by Crippen LogP contribution is -2.04. The monoisotopic (exact) mass is 195 g/mol. The van der Waals surface area contributed by atoms with E-state index < -0.39 is 5.97 Å². The van der Waals surface area contributed by atoms with Crippen LogP contribution in [0.4, 0.5) is 5.69 Å². The number of carboxylic acids is 1. The normalized spacial score (nSPS) is 9.43. The van der Waals surface area contributed by atoms with E-state index in [-0.39, 0.29) is 18.7 Å². The lowest BCUT2D eigenvalue weighted by molar-refractivity contribution is -0.137. The second kappa shape index (κ2) is 4.96. The van der Waals surface area contributed by atoms with Gasteiger partial charge in [0.05, 0.1) is 13.0 Å². The van der Waals surface area contributed by atoms with Gasteiger partial charge in [0.2, 0.25) is 0 Å². The molecular weight excluding hydrogens is 186 g/mol. The molecule has 0 fully saturated rings. The highest BCUT2D eigenvalue weighted by Gasteiger charge is 2.03. The van der Waals surface area contributed by atoms with Gasteiger partial charge >= 0.3 is 5.97 Å². The molecule has 0 heterocycles. The second-order valence-corrected chi connectivity index (χ2v) is 2.55. The molecule has 5 heteroatoms. The SMILES string of the molecule is O=Nc1ccccc1OCCC(=O)O. The van der Waals surface area contributed by atoms with Gasteiger partial charge in [0.15, 0.2) is 0 Å². The summed E-state index contributed by atoms with van der Waals surface area (Å²) in [5.74, 6) is -0.634. The topological polar surface area (TPSA) is 76.0 Å². The highest BCUT2D eigenvalue weighted by atomic mass is 16.5. The van der Waals surface area contributed by atoms with Crippen LogP contribution in [0.15, 0.2) is 29.4 Å². The van der Waals surface area contributed by atoms with Gasteiger partial charge in [0.1, 0.15) is 11.4 Å². The lowest BCUT2D eigenvalue weighted by Gasteiger charge is -2.04. The van der Waals surface area contributed by atoms with Crippen LogP contribution in [-0.4, -0.2) is 17.7 Å². The molecule has 5 nitrogen and oxygen atoms in total. The zero-order valence-electron chi connectivity index (χ0n) is 7.34. The van der Waals surface area contributed by atoms with Gasteiger partial charge < -0.3 is 9.84 Å². The maximum Gasteiger partial charge on any atom is 0.306 e. The number of rotatable bonds is 5. The van der Waals surface area contributed by atoms with Gasteiger partial charge in [0, 0.05) is 0 Å². The van der Waals surface area contributed by atoms with Crippen LogP contribution in [0, 0.1) is 4.91 Å². The molecule has 0 amide bonds. The Bertz CT molecular complexity index is 337. The smallest absolute Gasteiger partial charge is 0.306 e. The highest BCUT2D eigenvalue weighted by Crippen LogP contribution is 2.26. The minimum absolute atomic E-state index is 0.0296. The lowest BCUT2D eigenvalue weighted by atomic mass is 10.3. The fourth-order valence-electron chi connectivity index (χ4n) is 0.903. The first-order valence-corrected chi connectivity index (χ1v) is 4.01. The van der Waals surface area contributed by atoms with E-state index in [1.807, 2.05) is 0 Å². The quantitative estimate of drug-likeness (QED) is 0.728. The largest absolute Gasteiger partial charge is 0.491 e. The molecule has 1 rings (SSSR count). The van der Waals surface area contributed by atoms with E-state index in [0.717, 1.165) is 0 Å². The summed E-state index contributed by atoms with van der Waals surface area (Å²) in [6, 6.07) is 6.41. The van der Waals surface area contributed by atoms with E-state index in [1.165, 1.54) is 6.07 Å².